The smallest absolute Gasteiger partial charge is 0.163 e. The minimum Gasteiger partial charge on any atom is -0.507 e. The Morgan fingerprint density at radius 2 is 1.56 bits per heavy atom. The first-order valence-corrected chi connectivity index (χ1v) is 8.09. The highest BCUT2D eigenvalue weighted by Crippen LogP contribution is 2.28. The maximum absolute atomic E-state index is 12.0. The summed E-state index contributed by atoms with van der Waals surface area (Å²) in [4.78, 5) is 23.9. The second-order valence-electron chi connectivity index (χ2n) is 5.60. The molecule has 0 spiro atoms. The van der Waals surface area contributed by atoms with Gasteiger partial charge in [-0.3, -0.25) is 9.59 Å². The van der Waals surface area contributed by atoms with Gasteiger partial charge < -0.3 is 19.7 Å². The standard InChI is InChI=1S/C21H20O6/c1-26-20-5-3-4-18(24)17(20)10-9-16(23)13-15(22)8-6-14-7-11-21(27-2)19(25)12-14/h3-12,24-25H,13H2,1-2H3. The number of phenols is 2. The Balaban J connectivity index is 2.00. The maximum Gasteiger partial charge on any atom is 0.163 e. The average molecular weight is 368 g/mol. The number of hydrogen-bond donors (Lipinski definition) is 2. The monoisotopic (exact) mass is 368 g/mol. The van der Waals surface area contributed by atoms with E-state index in [1.54, 1.807) is 24.3 Å². The number of methoxy groups -OCH3 is 2. The summed E-state index contributed by atoms with van der Waals surface area (Å²) >= 11 is 0. The van der Waals surface area contributed by atoms with Gasteiger partial charge in [0.15, 0.2) is 23.1 Å². The number of benzene rings is 2. The predicted molar refractivity (Wildman–Crippen MR) is 102 cm³/mol. The zero-order valence-electron chi connectivity index (χ0n) is 15.0. The zero-order valence-corrected chi connectivity index (χ0v) is 15.0. The number of carbonyl (C=O) groups excluding carboxylic acids is 2. The van der Waals surface area contributed by atoms with E-state index in [4.69, 9.17) is 9.47 Å². The molecule has 0 saturated carbocycles. The van der Waals surface area contributed by atoms with Crippen molar-refractivity contribution in [3.05, 3.63) is 59.7 Å². The summed E-state index contributed by atoms with van der Waals surface area (Å²) in [5.41, 5.74) is 0.966. The molecule has 2 aromatic carbocycles. The third-order valence-electron chi connectivity index (χ3n) is 3.71. The Hall–Kier alpha value is -3.54. The molecule has 0 amide bonds. The number of rotatable bonds is 8. The minimum absolute atomic E-state index is 0.0241. The van der Waals surface area contributed by atoms with Crippen LogP contribution in [0.3, 0.4) is 0 Å². The molecule has 0 aliphatic rings. The van der Waals surface area contributed by atoms with Crippen molar-refractivity contribution in [3.63, 3.8) is 0 Å². The molecule has 2 aromatic rings. The Kier molecular flexibility index (Phi) is 6.77. The lowest BCUT2D eigenvalue weighted by molar-refractivity contribution is -0.121. The predicted octanol–water partition coefficient (Wildman–Crippen LogP) is 3.37. The Morgan fingerprint density at radius 3 is 2.19 bits per heavy atom. The summed E-state index contributed by atoms with van der Waals surface area (Å²) in [6.07, 6.45) is 5.10. The van der Waals surface area contributed by atoms with Gasteiger partial charge in [-0.1, -0.05) is 18.2 Å². The van der Waals surface area contributed by atoms with Crippen molar-refractivity contribution >= 4 is 23.7 Å². The lowest BCUT2D eigenvalue weighted by Gasteiger charge is -2.05. The van der Waals surface area contributed by atoms with Crippen LogP contribution in [0.2, 0.25) is 0 Å². The van der Waals surface area contributed by atoms with Gasteiger partial charge in [0.1, 0.15) is 11.5 Å². The molecule has 0 saturated heterocycles. The summed E-state index contributed by atoms with van der Waals surface area (Å²) in [6.45, 7) is 0. The van der Waals surface area contributed by atoms with Gasteiger partial charge in [-0.25, -0.2) is 0 Å². The summed E-state index contributed by atoms with van der Waals surface area (Å²) in [7, 11) is 2.90. The van der Waals surface area contributed by atoms with E-state index < -0.39 is 5.78 Å². The summed E-state index contributed by atoms with van der Waals surface area (Å²) in [5.74, 6) is -0.105. The fourth-order valence-electron chi connectivity index (χ4n) is 2.34. The Morgan fingerprint density at radius 1 is 0.889 bits per heavy atom. The molecule has 0 aliphatic heterocycles. The van der Waals surface area contributed by atoms with Gasteiger partial charge >= 0.3 is 0 Å². The van der Waals surface area contributed by atoms with Crippen molar-refractivity contribution in [2.75, 3.05) is 14.2 Å². The topological polar surface area (TPSA) is 93.1 Å². The maximum atomic E-state index is 12.0. The highest BCUT2D eigenvalue weighted by Gasteiger charge is 2.08. The summed E-state index contributed by atoms with van der Waals surface area (Å²) in [6, 6.07) is 9.46. The molecular formula is C21H20O6. The van der Waals surface area contributed by atoms with Gasteiger partial charge in [0.25, 0.3) is 0 Å². The van der Waals surface area contributed by atoms with Gasteiger partial charge in [-0.05, 0) is 48.1 Å². The molecular weight excluding hydrogens is 348 g/mol. The molecule has 0 heterocycles. The number of allylic oxidation sites excluding steroid dienone is 2. The van der Waals surface area contributed by atoms with Crippen molar-refractivity contribution in [2.45, 2.75) is 6.42 Å². The van der Waals surface area contributed by atoms with E-state index in [9.17, 15) is 19.8 Å². The first-order valence-electron chi connectivity index (χ1n) is 8.09. The van der Waals surface area contributed by atoms with E-state index >= 15 is 0 Å². The van der Waals surface area contributed by atoms with E-state index in [2.05, 4.69) is 0 Å². The minimum atomic E-state index is -0.410. The number of phenolic OH excluding ortho intramolecular Hbond substituents is 2. The molecule has 0 aromatic heterocycles. The highest BCUT2D eigenvalue weighted by atomic mass is 16.5. The molecule has 0 radical (unpaired) electrons. The van der Waals surface area contributed by atoms with E-state index in [1.807, 2.05) is 0 Å². The van der Waals surface area contributed by atoms with Crippen molar-refractivity contribution in [1.29, 1.82) is 0 Å². The van der Waals surface area contributed by atoms with E-state index in [0.717, 1.165) is 0 Å². The quantitative estimate of drug-likeness (QED) is 0.548. The second kappa shape index (κ2) is 9.24. The zero-order chi connectivity index (χ0) is 19.8. The van der Waals surface area contributed by atoms with Gasteiger partial charge in [0, 0.05) is 0 Å². The molecule has 0 unspecified atom stereocenters. The molecule has 140 valence electrons. The van der Waals surface area contributed by atoms with Crippen molar-refractivity contribution in [3.8, 4) is 23.0 Å². The van der Waals surface area contributed by atoms with Crippen LogP contribution in [0.25, 0.3) is 12.2 Å². The third-order valence-corrected chi connectivity index (χ3v) is 3.71. The fourth-order valence-corrected chi connectivity index (χ4v) is 2.34. The van der Waals surface area contributed by atoms with Gasteiger partial charge in [0.05, 0.1) is 26.2 Å². The van der Waals surface area contributed by atoms with Crippen LogP contribution in [-0.2, 0) is 9.59 Å². The molecule has 27 heavy (non-hydrogen) atoms. The SMILES string of the molecule is COc1ccc(C=CC(=O)CC(=O)C=Cc2c(O)cccc2OC)cc1O. The van der Waals surface area contributed by atoms with Gasteiger partial charge in [-0.15, -0.1) is 0 Å². The number of ether oxygens (including phenoxy) is 2. The van der Waals surface area contributed by atoms with Crippen LogP contribution in [-0.4, -0.2) is 36.0 Å². The fraction of sp³-hybridized carbons (Fsp3) is 0.143. The number of aromatic hydroxyl groups is 2. The first kappa shape index (κ1) is 19.8. The summed E-state index contributed by atoms with van der Waals surface area (Å²) < 4.78 is 10.1. The molecule has 0 bridgehead atoms. The Bertz CT molecular complexity index is 896. The lowest BCUT2D eigenvalue weighted by atomic mass is 10.1. The summed E-state index contributed by atoms with van der Waals surface area (Å²) in [5, 5.41) is 19.5. The van der Waals surface area contributed by atoms with Crippen LogP contribution in [0.4, 0.5) is 0 Å². The lowest BCUT2D eigenvalue weighted by Crippen LogP contribution is -2.02. The Labute approximate surface area is 157 Å². The molecule has 0 fully saturated rings. The number of ketones is 2. The van der Waals surface area contributed by atoms with E-state index in [-0.39, 0.29) is 23.7 Å². The van der Waals surface area contributed by atoms with Crippen LogP contribution in [0.5, 0.6) is 23.0 Å². The van der Waals surface area contributed by atoms with Gasteiger partial charge in [-0.2, -0.15) is 0 Å². The van der Waals surface area contributed by atoms with Crippen LogP contribution >= 0.6 is 0 Å². The number of hydrogen-bond acceptors (Lipinski definition) is 6. The molecule has 2 rings (SSSR count). The number of carbonyl (C=O) groups is 2. The van der Waals surface area contributed by atoms with Crippen LogP contribution in [0.1, 0.15) is 17.5 Å². The third kappa shape index (κ3) is 5.47. The normalized spacial score (nSPS) is 11.0. The molecule has 6 heteroatoms. The van der Waals surface area contributed by atoms with Crippen LogP contribution in [0, 0.1) is 0 Å². The molecule has 0 aliphatic carbocycles. The van der Waals surface area contributed by atoms with Crippen molar-refractivity contribution < 1.29 is 29.3 Å². The van der Waals surface area contributed by atoms with Gasteiger partial charge in [0.2, 0.25) is 0 Å². The van der Waals surface area contributed by atoms with Crippen molar-refractivity contribution in [2.24, 2.45) is 0 Å². The van der Waals surface area contributed by atoms with Crippen LogP contribution < -0.4 is 9.47 Å². The second-order valence-corrected chi connectivity index (χ2v) is 5.60. The highest BCUT2D eigenvalue weighted by molar-refractivity contribution is 6.11. The molecule has 2 N–H and O–H groups in total. The molecule has 6 nitrogen and oxygen atoms in total. The van der Waals surface area contributed by atoms with E-state index in [0.29, 0.717) is 22.6 Å². The first-order chi connectivity index (χ1) is 12.9. The largest absolute Gasteiger partial charge is 0.507 e. The van der Waals surface area contributed by atoms with E-state index in [1.165, 1.54) is 50.7 Å². The molecule has 0 atom stereocenters. The average Bonchev–Trinajstić information content (AvgIpc) is 2.65. The van der Waals surface area contributed by atoms with Crippen molar-refractivity contribution in [1.82, 2.24) is 0 Å². The van der Waals surface area contributed by atoms with Crippen LogP contribution in [0.15, 0.2) is 48.6 Å².